The van der Waals surface area contributed by atoms with Gasteiger partial charge in [0.15, 0.2) is 5.82 Å². The number of aromatic nitrogens is 4. The van der Waals surface area contributed by atoms with Crippen molar-refractivity contribution in [3.63, 3.8) is 0 Å². The highest BCUT2D eigenvalue weighted by molar-refractivity contribution is 6.28. The molecule has 0 atom stereocenters. The van der Waals surface area contributed by atoms with Gasteiger partial charge in [0.1, 0.15) is 5.52 Å². The van der Waals surface area contributed by atoms with Crippen molar-refractivity contribution in [2.75, 3.05) is 5.32 Å². The highest BCUT2D eigenvalue weighted by Crippen LogP contribution is 2.29. The van der Waals surface area contributed by atoms with E-state index in [9.17, 15) is 0 Å². The smallest absolute Gasteiger partial charge is 0.225 e. The molecule has 5 nitrogen and oxygen atoms in total. The van der Waals surface area contributed by atoms with Crippen LogP contribution in [0.2, 0.25) is 5.28 Å². The quantitative estimate of drug-likeness (QED) is 0.456. The van der Waals surface area contributed by atoms with Crippen LogP contribution in [-0.4, -0.2) is 19.9 Å². The molecular formula is C21H20ClN5. The number of hydrogen-bond acceptors (Lipinski definition) is 4. The Morgan fingerprint density at radius 2 is 1.89 bits per heavy atom. The Morgan fingerprint density at radius 1 is 1.07 bits per heavy atom. The molecule has 0 radical (unpaired) electrons. The van der Waals surface area contributed by atoms with Gasteiger partial charge in [0.2, 0.25) is 5.28 Å². The maximum Gasteiger partial charge on any atom is 0.225 e. The van der Waals surface area contributed by atoms with Crippen LogP contribution < -0.4 is 5.32 Å². The Labute approximate surface area is 162 Å². The summed E-state index contributed by atoms with van der Waals surface area (Å²) >= 11 is 6.15. The number of halogens is 1. The highest BCUT2D eigenvalue weighted by Gasteiger charge is 2.14. The molecule has 4 rings (SSSR count). The number of rotatable bonds is 5. The standard InChI is InChI=1S/C21H20ClN5/c1-13(2)17-12-24-19-18(17)26-21(22)27-20(19)25-10-14-5-7-15(8-6-14)16-4-3-9-23-11-16/h3-9,11-13,24H,10H2,1-2H3,(H,25,26,27). The van der Waals surface area contributed by atoms with E-state index in [0.29, 0.717) is 18.3 Å². The first-order chi connectivity index (χ1) is 13.1. The molecule has 0 saturated heterocycles. The van der Waals surface area contributed by atoms with Gasteiger partial charge < -0.3 is 10.3 Å². The number of aromatic amines is 1. The molecule has 6 heteroatoms. The van der Waals surface area contributed by atoms with E-state index in [4.69, 9.17) is 11.6 Å². The Kier molecular flexibility index (Phi) is 4.77. The first kappa shape index (κ1) is 17.5. The molecule has 3 heterocycles. The summed E-state index contributed by atoms with van der Waals surface area (Å²) in [5.74, 6) is 1.07. The van der Waals surface area contributed by atoms with E-state index in [1.165, 1.54) is 0 Å². The maximum absolute atomic E-state index is 6.15. The lowest BCUT2D eigenvalue weighted by atomic mass is 10.1. The molecule has 0 aliphatic heterocycles. The van der Waals surface area contributed by atoms with Crippen LogP contribution in [0.3, 0.4) is 0 Å². The summed E-state index contributed by atoms with van der Waals surface area (Å²) in [6, 6.07) is 12.4. The molecule has 0 fully saturated rings. The number of pyridine rings is 1. The van der Waals surface area contributed by atoms with Gasteiger partial charge in [-0.1, -0.05) is 44.2 Å². The van der Waals surface area contributed by atoms with Gasteiger partial charge in [-0.25, -0.2) is 4.98 Å². The van der Waals surface area contributed by atoms with Gasteiger partial charge in [0.05, 0.1) is 5.52 Å². The van der Waals surface area contributed by atoms with Crippen LogP contribution in [0.25, 0.3) is 22.2 Å². The number of fused-ring (bicyclic) bond motifs is 1. The summed E-state index contributed by atoms with van der Waals surface area (Å²) < 4.78 is 0. The summed E-state index contributed by atoms with van der Waals surface area (Å²) in [7, 11) is 0. The largest absolute Gasteiger partial charge is 0.364 e. The Bertz CT molecular complexity index is 1060. The minimum Gasteiger partial charge on any atom is -0.364 e. The first-order valence-corrected chi connectivity index (χ1v) is 9.27. The van der Waals surface area contributed by atoms with Gasteiger partial charge in [-0.15, -0.1) is 0 Å². The Hall–Kier alpha value is -2.92. The van der Waals surface area contributed by atoms with Crippen LogP contribution in [0.15, 0.2) is 55.0 Å². The van der Waals surface area contributed by atoms with E-state index < -0.39 is 0 Å². The molecular weight excluding hydrogens is 358 g/mol. The molecule has 0 bridgehead atoms. The van der Waals surface area contributed by atoms with Crippen molar-refractivity contribution in [2.45, 2.75) is 26.3 Å². The van der Waals surface area contributed by atoms with Crippen molar-refractivity contribution >= 4 is 28.5 Å². The average Bonchev–Trinajstić information content (AvgIpc) is 3.11. The topological polar surface area (TPSA) is 66.5 Å². The minimum absolute atomic E-state index is 0.249. The van der Waals surface area contributed by atoms with Crippen LogP contribution in [0.4, 0.5) is 5.82 Å². The molecule has 136 valence electrons. The highest BCUT2D eigenvalue weighted by atomic mass is 35.5. The normalized spacial score (nSPS) is 11.3. The summed E-state index contributed by atoms with van der Waals surface area (Å²) in [6.07, 6.45) is 5.62. The van der Waals surface area contributed by atoms with Crippen LogP contribution >= 0.6 is 11.6 Å². The molecule has 0 spiro atoms. The van der Waals surface area contributed by atoms with E-state index in [1.54, 1.807) is 6.20 Å². The van der Waals surface area contributed by atoms with E-state index in [0.717, 1.165) is 33.3 Å². The summed E-state index contributed by atoms with van der Waals surface area (Å²) in [4.78, 5) is 16.2. The predicted octanol–water partition coefficient (Wildman–Crippen LogP) is 5.41. The lowest BCUT2D eigenvalue weighted by Gasteiger charge is -2.09. The number of hydrogen-bond donors (Lipinski definition) is 2. The number of benzene rings is 1. The van der Waals surface area contributed by atoms with Crippen molar-refractivity contribution in [2.24, 2.45) is 0 Å². The number of nitrogens with one attached hydrogen (secondary N) is 2. The number of H-pyrrole nitrogens is 1. The second kappa shape index (κ2) is 7.37. The zero-order valence-electron chi connectivity index (χ0n) is 15.2. The molecule has 0 amide bonds. The minimum atomic E-state index is 0.249. The van der Waals surface area contributed by atoms with E-state index in [2.05, 4.69) is 69.4 Å². The fourth-order valence-corrected chi connectivity index (χ4v) is 3.27. The third-order valence-corrected chi connectivity index (χ3v) is 4.73. The Morgan fingerprint density at radius 3 is 2.59 bits per heavy atom. The molecule has 4 aromatic rings. The lowest BCUT2D eigenvalue weighted by molar-refractivity contribution is 0.872. The third kappa shape index (κ3) is 3.64. The molecule has 0 aliphatic rings. The van der Waals surface area contributed by atoms with Crippen LogP contribution in [0.5, 0.6) is 0 Å². The second-order valence-corrected chi connectivity index (χ2v) is 7.09. The van der Waals surface area contributed by atoms with Crippen LogP contribution in [0.1, 0.15) is 30.9 Å². The predicted molar refractivity (Wildman–Crippen MR) is 110 cm³/mol. The van der Waals surface area contributed by atoms with Crippen LogP contribution in [-0.2, 0) is 6.54 Å². The van der Waals surface area contributed by atoms with Gasteiger partial charge >= 0.3 is 0 Å². The van der Waals surface area contributed by atoms with Crippen molar-refractivity contribution in [3.8, 4) is 11.1 Å². The molecule has 0 saturated carbocycles. The van der Waals surface area contributed by atoms with Crippen LogP contribution in [0, 0.1) is 0 Å². The van der Waals surface area contributed by atoms with Crippen molar-refractivity contribution in [1.29, 1.82) is 0 Å². The maximum atomic E-state index is 6.15. The third-order valence-electron chi connectivity index (χ3n) is 4.56. The summed E-state index contributed by atoms with van der Waals surface area (Å²) in [5.41, 5.74) is 6.30. The number of nitrogens with zero attached hydrogens (tertiary/aromatic N) is 3. The van der Waals surface area contributed by atoms with Crippen molar-refractivity contribution in [1.82, 2.24) is 19.9 Å². The molecule has 3 aromatic heterocycles. The second-order valence-electron chi connectivity index (χ2n) is 6.76. The first-order valence-electron chi connectivity index (χ1n) is 8.89. The summed E-state index contributed by atoms with van der Waals surface area (Å²) in [5, 5.41) is 3.63. The average molecular weight is 378 g/mol. The zero-order valence-corrected chi connectivity index (χ0v) is 16.0. The molecule has 0 aliphatic carbocycles. The molecule has 27 heavy (non-hydrogen) atoms. The van der Waals surface area contributed by atoms with Gasteiger partial charge in [-0.3, -0.25) is 4.98 Å². The van der Waals surface area contributed by atoms with E-state index in [-0.39, 0.29) is 5.28 Å². The molecule has 0 unspecified atom stereocenters. The van der Waals surface area contributed by atoms with Gasteiger partial charge in [0.25, 0.3) is 0 Å². The van der Waals surface area contributed by atoms with Gasteiger partial charge in [0, 0.05) is 25.1 Å². The van der Waals surface area contributed by atoms with Gasteiger partial charge in [-0.2, -0.15) is 4.98 Å². The Balaban J connectivity index is 1.55. The fraction of sp³-hybridized carbons (Fsp3) is 0.190. The van der Waals surface area contributed by atoms with E-state index >= 15 is 0 Å². The zero-order chi connectivity index (χ0) is 18.8. The molecule has 1 aromatic carbocycles. The monoisotopic (exact) mass is 377 g/mol. The summed E-state index contributed by atoms with van der Waals surface area (Å²) in [6.45, 7) is 4.91. The number of anilines is 1. The van der Waals surface area contributed by atoms with E-state index in [1.807, 2.05) is 18.5 Å². The lowest BCUT2D eigenvalue weighted by Crippen LogP contribution is -2.03. The molecule has 2 N–H and O–H groups in total. The van der Waals surface area contributed by atoms with Gasteiger partial charge in [-0.05, 0) is 45.8 Å². The fourth-order valence-electron chi connectivity index (χ4n) is 3.10. The van der Waals surface area contributed by atoms with Crippen molar-refractivity contribution in [3.05, 3.63) is 71.4 Å². The van der Waals surface area contributed by atoms with Crippen molar-refractivity contribution < 1.29 is 0 Å². The SMILES string of the molecule is CC(C)c1c[nH]c2c(NCc3ccc(-c4cccnc4)cc3)nc(Cl)nc12.